The van der Waals surface area contributed by atoms with Crippen molar-refractivity contribution in [2.75, 3.05) is 0 Å². The first-order chi connectivity index (χ1) is 20.0. The van der Waals surface area contributed by atoms with E-state index >= 15 is 0 Å². The topological polar surface area (TPSA) is 99.1 Å². The number of carboxylic acid groups (broad SMARTS) is 1. The molecule has 0 amide bonds. The molecule has 2 aliphatic carbocycles. The van der Waals surface area contributed by atoms with Gasteiger partial charge in [-0.3, -0.25) is 13.9 Å². The number of nitrogens with zero attached hydrogens (tertiary/aromatic N) is 4. The SMILES string of the molecule is O=C(O)c1ccc(-c2nc3c(c(=O)n(CC4CCCCC4)c(=O)n3CC3CCCCC3)n2Cc2ccccc2)cc1. The van der Waals surface area contributed by atoms with Crippen LogP contribution in [0.3, 0.4) is 0 Å². The summed E-state index contributed by atoms with van der Waals surface area (Å²) in [4.78, 5) is 44.9. The van der Waals surface area contributed by atoms with Crippen LogP contribution in [0.1, 0.15) is 80.1 Å². The highest BCUT2D eigenvalue weighted by Gasteiger charge is 2.26. The quantitative estimate of drug-likeness (QED) is 0.291. The molecular formula is C33H38N4O4. The summed E-state index contributed by atoms with van der Waals surface area (Å²) in [5, 5.41) is 9.43. The van der Waals surface area contributed by atoms with E-state index in [1.54, 1.807) is 28.8 Å². The molecule has 214 valence electrons. The highest BCUT2D eigenvalue weighted by molar-refractivity contribution is 5.88. The minimum absolute atomic E-state index is 0.184. The Morgan fingerprint density at radius 3 is 1.93 bits per heavy atom. The summed E-state index contributed by atoms with van der Waals surface area (Å²) in [6.07, 6.45) is 11.3. The molecule has 0 saturated heterocycles. The van der Waals surface area contributed by atoms with Crippen molar-refractivity contribution in [1.29, 1.82) is 0 Å². The zero-order valence-corrected chi connectivity index (χ0v) is 23.5. The largest absolute Gasteiger partial charge is 0.478 e. The van der Waals surface area contributed by atoms with Crippen LogP contribution in [0.2, 0.25) is 0 Å². The first-order valence-corrected chi connectivity index (χ1v) is 15.1. The van der Waals surface area contributed by atoms with Crippen LogP contribution in [-0.4, -0.2) is 29.8 Å². The van der Waals surface area contributed by atoms with E-state index in [0.29, 0.717) is 54.0 Å². The van der Waals surface area contributed by atoms with E-state index in [2.05, 4.69) is 0 Å². The molecular weight excluding hydrogens is 516 g/mol. The average Bonchev–Trinajstić information content (AvgIpc) is 3.38. The number of aromatic nitrogens is 4. The number of hydrogen-bond donors (Lipinski definition) is 1. The monoisotopic (exact) mass is 554 g/mol. The highest BCUT2D eigenvalue weighted by atomic mass is 16.4. The summed E-state index contributed by atoms with van der Waals surface area (Å²) in [6, 6.07) is 16.5. The molecule has 4 aromatic rings. The second kappa shape index (κ2) is 11.9. The predicted molar refractivity (Wildman–Crippen MR) is 159 cm³/mol. The van der Waals surface area contributed by atoms with Crippen molar-refractivity contribution < 1.29 is 9.90 Å². The fourth-order valence-corrected chi connectivity index (χ4v) is 6.77. The van der Waals surface area contributed by atoms with Gasteiger partial charge in [-0.05, 0) is 55.2 Å². The van der Waals surface area contributed by atoms with Crippen molar-refractivity contribution in [2.24, 2.45) is 11.8 Å². The van der Waals surface area contributed by atoms with Gasteiger partial charge in [0, 0.05) is 25.2 Å². The van der Waals surface area contributed by atoms with Crippen LogP contribution in [0.4, 0.5) is 0 Å². The van der Waals surface area contributed by atoms with Gasteiger partial charge >= 0.3 is 11.7 Å². The molecule has 2 aliphatic rings. The molecule has 0 unspecified atom stereocenters. The predicted octanol–water partition coefficient (Wildman–Crippen LogP) is 5.93. The molecule has 8 nitrogen and oxygen atoms in total. The molecule has 2 fully saturated rings. The van der Waals surface area contributed by atoms with E-state index in [0.717, 1.165) is 56.9 Å². The van der Waals surface area contributed by atoms with Gasteiger partial charge < -0.3 is 9.67 Å². The minimum atomic E-state index is -0.999. The molecule has 41 heavy (non-hydrogen) atoms. The van der Waals surface area contributed by atoms with Gasteiger partial charge in [0.1, 0.15) is 5.82 Å². The van der Waals surface area contributed by atoms with Crippen molar-refractivity contribution in [1.82, 2.24) is 18.7 Å². The molecule has 2 aromatic carbocycles. The van der Waals surface area contributed by atoms with E-state index in [1.165, 1.54) is 17.4 Å². The third kappa shape index (κ3) is 5.65. The molecule has 2 heterocycles. The third-order valence-electron chi connectivity index (χ3n) is 9.02. The zero-order chi connectivity index (χ0) is 28.3. The third-order valence-corrected chi connectivity index (χ3v) is 9.02. The van der Waals surface area contributed by atoms with Crippen LogP contribution < -0.4 is 11.2 Å². The number of carbonyl (C=O) groups is 1. The maximum atomic E-state index is 14.3. The number of hydrogen-bond acceptors (Lipinski definition) is 4. The molecule has 2 saturated carbocycles. The standard InChI is InChI=1S/C33H38N4O4/c38-31-28-30(36(21-24-12-6-2-7-13-24)33(41)37(31)22-25-14-8-3-9-15-25)34-29(26-16-18-27(19-17-26)32(39)40)35(28)20-23-10-4-1-5-11-23/h1,4-5,10-11,16-19,24-25H,2-3,6-9,12-15,20-22H2,(H,39,40). The fourth-order valence-electron chi connectivity index (χ4n) is 6.77. The van der Waals surface area contributed by atoms with Gasteiger partial charge in [0.05, 0.1) is 5.56 Å². The average molecular weight is 555 g/mol. The molecule has 0 radical (unpaired) electrons. The molecule has 2 aromatic heterocycles. The lowest BCUT2D eigenvalue weighted by Crippen LogP contribution is -2.43. The second-order valence-corrected chi connectivity index (χ2v) is 11.9. The fraction of sp³-hybridized carbons (Fsp3) is 0.455. The Bertz CT molecular complexity index is 1640. The molecule has 8 heteroatoms. The Morgan fingerprint density at radius 2 is 1.34 bits per heavy atom. The van der Waals surface area contributed by atoms with E-state index in [4.69, 9.17) is 4.98 Å². The van der Waals surface area contributed by atoms with Crippen LogP contribution in [-0.2, 0) is 19.6 Å². The first-order valence-electron chi connectivity index (χ1n) is 15.1. The number of fused-ring (bicyclic) bond motifs is 1. The van der Waals surface area contributed by atoms with Gasteiger partial charge in [-0.15, -0.1) is 0 Å². The maximum Gasteiger partial charge on any atom is 0.335 e. The molecule has 0 spiro atoms. The minimum Gasteiger partial charge on any atom is -0.478 e. The van der Waals surface area contributed by atoms with Crippen molar-refractivity contribution in [3.05, 3.63) is 86.6 Å². The second-order valence-electron chi connectivity index (χ2n) is 11.9. The lowest BCUT2D eigenvalue weighted by atomic mass is 9.89. The molecule has 0 aliphatic heterocycles. The van der Waals surface area contributed by atoms with E-state index < -0.39 is 5.97 Å². The van der Waals surface area contributed by atoms with Crippen molar-refractivity contribution in [3.63, 3.8) is 0 Å². The summed E-state index contributed by atoms with van der Waals surface area (Å²) < 4.78 is 5.19. The van der Waals surface area contributed by atoms with Gasteiger partial charge in [-0.1, -0.05) is 81.0 Å². The Hall–Kier alpha value is -3.94. The van der Waals surface area contributed by atoms with E-state index in [-0.39, 0.29) is 16.8 Å². The van der Waals surface area contributed by atoms with Crippen molar-refractivity contribution in [3.8, 4) is 11.4 Å². The maximum absolute atomic E-state index is 14.3. The smallest absolute Gasteiger partial charge is 0.335 e. The van der Waals surface area contributed by atoms with Gasteiger partial charge in [-0.25, -0.2) is 14.6 Å². The summed E-state index contributed by atoms with van der Waals surface area (Å²) in [6.45, 7) is 1.41. The Balaban J connectivity index is 1.57. The Labute approximate surface area is 239 Å². The number of imidazole rings is 1. The van der Waals surface area contributed by atoms with Gasteiger partial charge in [0.2, 0.25) is 0 Å². The van der Waals surface area contributed by atoms with Crippen LogP contribution >= 0.6 is 0 Å². The number of rotatable bonds is 8. The number of carboxylic acids is 1. The molecule has 0 bridgehead atoms. The van der Waals surface area contributed by atoms with Crippen molar-refractivity contribution >= 4 is 17.1 Å². The van der Waals surface area contributed by atoms with Crippen LogP contribution in [0.25, 0.3) is 22.6 Å². The zero-order valence-electron chi connectivity index (χ0n) is 23.5. The summed E-state index contributed by atoms with van der Waals surface area (Å²) in [5.74, 6) is 0.262. The first kappa shape index (κ1) is 27.2. The molecule has 1 N–H and O–H groups in total. The summed E-state index contributed by atoms with van der Waals surface area (Å²) in [7, 11) is 0. The van der Waals surface area contributed by atoms with Gasteiger partial charge in [0.25, 0.3) is 5.56 Å². The summed E-state index contributed by atoms with van der Waals surface area (Å²) >= 11 is 0. The normalized spacial score (nSPS) is 16.8. The lowest BCUT2D eigenvalue weighted by Gasteiger charge is -2.25. The van der Waals surface area contributed by atoms with E-state index in [1.807, 2.05) is 34.9 Å². The number of benzene rings is 2. The van der Waals surface area contributed by atoms with Crippen LogP contribution in [0.15, 0.2) is 64.2 Å². The number of aromatic carboxylic acids is 1. The van der Waals surface area contributed by atoms with E-state index in [9.17, 15) is 19.5 Å². The summed E-state index contributed by atoms with van der Waals surface area (Å²) in [5.41, 5.74) is 2.23. The molecule has 6 rings (SSSR count). The highest BCUT2D eigenvalue weighted by Crippen LogP contribution is 2.29. The van der Waals surface area contributed by atoms with Gasteiger partial charge in [0.15, 0.2) is 11.2 Å². The Kier molecular flexibility index (Phi) is 7.90. The van der Waals surface area contributed by atoms with Crippen LogP contribution in [0.5, 0.6) is 0 Å². The van der Waals surface area contributed by atoms with Crippen LogP contribution in [0, 0.1) is 11.8 Å². The van der Waals surface area contributed by atoms with Crippen molar-refractivity contribution in [2.45, 2.75) is 83.8 Å². The molecule has 0 atom stereocenters. The Morgan fingerprint density at radius 1 is 0.756 bits per heavy atom. The lowest BCUT2D eigenvalue weighted by molar-refractivity contribution is 0.0697. The van der Waals surface area contributed by atoms with Gasteiger partial charge in [-0.2, -0.15) is 0 Å².